The molecule has 0 spiro atoms. The molecule has 158 valence electrons. The highest BCUT2D eigenvalue weighted by molar-refractivity contribution is 7.12. The number of nitrogens with one attached hydrogen (secondary N) is 2. The van der Waals surface area contributed by atoms with Gasteiger partial charge >= 0.3 is 5.97 Å². The number of likely N-dealkylation sites (tertiary alicyclic amines) is 1. The maximum Gasteiger partial charge on any atom is 0.329 e. The molecule has 1 aliphatic rings. The van der Waals surface area contributed by atoms with E-state index in [1.165, 1.54) is 30.1 Å². The van der Waals surface area contributed by atoms with E-state index >= 15 is 0 Å². The number of carbonyl (C=O) groups excluding carboxylic acids is 4. The number of ether oxygens (including phenoxy) is 1. The number of esters is 1. The Bertz CT molecular complexity index is 927. The summed E-state index contributed by atoms with van der Waals surface area (Å²) in [5.41, 5.74) is 1.11. The van der Waals surface area contributed by atoms with Gasteiger partial charge in [0, 0.05) is 24.8 Å². The zero-order chi connectivity index (χ0) is 21.7. The second-order valence-electron chi connectivity index (χ2n) is 6.96. The van der Waals surface area contributed by atoms with E-state index in [1.807, 2.05) is 5.38 Å². The first-order chi connectivity index (χ1) is 14.3. The van der Waals surface area contributed by atoms with Gasteiger partial charge in [-0.25, -0.2) is 4.79 Å². The van der Waals surface area contributed by atoms with E-state index in [1.54, 1.807) is 36.4 Å². The lowest BCUT2D eigenvalue weighted by atomic mass is 10.2. The topological polar surface area (TPSA) is 105 Å². The van der Waals surface area contributed by atoms with Crippen LogP contribution in [0.4, 0.5) is 11.4 Å². The Morgan fingerprint density at radius 2 is 1.77 bits per heavy atom. The lowest BCUT2D eigenvalue weighted by Gasteiger charge is -2.24. The molecule has 2 unspecified atom stereocenters. The van der Waals surface area contributed by atoms with Crippen LogP contribution < -0.4 is 10.6 Å². The first-order valence-corrected chi connectivity index (χ1v) is 10.5. The van der Waals surface area contributed by atoms with Crippen molar-refractivity contribution >= 4 is 46.4 Å². The fourth-order valence-electron chi connectivity index (χ4n) is 3.19. The molecule has 1 aromatic carbocycles. The molecule has 1 aromatic heterocycles. The van der Waals surface area contributed by atoms with E-state index in [4.69, 9.17) is 4.74 Å². The Labute approximate surface area is 178 Å². The summed E-state index contributed by atoms with van der Waals surface area (Å²) in [7, 11) is 0. The van der Waals surface area contributed by atoms with Crippen molar-refractivity contribution in [2.45, 2.75) is 38.8 Å². The number of rotatable bonds is 6. The van der Waals surface area contributed by atoms with Crippen LogP contribution in [0.25, 0.3) is 0 Å². The summed E-state index contributed by atoms with van der Waals surface area (Å²) in [5, 5.41) is 7.11. The van der Waals surface area contributed by atoms with Crippen LogP contribution in [0.2, 0.25) is 0 Å². The van der Waals surface area contributed by atoms with Gasteiger partial charge in [0.05, 0.1) is 4.88 Å². The molecule has 2 heterocycles. The lowest BCUT2D eigenvalue weighted by molar-refractivity contribution is -0.156. The summed E-state index contributed by atoms with van der Waals surface area (Å²) < 4.78 is 5.34. The van der Waals surface area contributed by atoms with Crippen molar-refractivity contribution in [3.05, 3.63) is 46.7 Å². The van der Waals surface area contributed by atoms with Crippen LogP contribution >= 0.6 is 11.3 Å². The van der Waals surface area contributed by atoms with E-state index in [2.05, 4.69) is 10.6 Å². The van der Waals surface area contributed by atoms with Crippen LogP contribution in [0.3, 0.4) is 0 Å². The van der Waals surface area contributed by atoms with Crippen molar-refractivity contribution in [1.82, 2.24) is 4.90 Å². The molecule has 9 heteroatoms. The van der Waals surface area contributed by atoms with Gasteiger partial charge in [-0.15, -0.1) is 11.3 Å². The number of hydrogen-bond donors (Lipinski definition) is 2. The van der Waals surface area contributed by atoms with Gasteiger partial charge in [0.25, 0.3) is 11.8 Å². The standard InChI is InChI=1S/C21H23N3O5S/c1-13(19(26)23-16-9-7-15(8-10-16)22-14(2)25)29-21(28)17-5-3-11-24(17)20(27)18-6-4-12-30-18/h4,6-10,12-13,17H,3,5,11H2,1-2H3,(H,22,25)(H,23,26). The molecule has 1 saturated heterocycles. The summed E-state index contributed by atoms with van der Waals surface area (Å²) in [6.07, 6.45) is 0.194. The molecule has 30 heavy (non-hydrogen) atoms. The summed E-state index contributed by atoms with van der Waals surface area (Å²) >= 11 is 1.33. The quantitative estimate of drug-likeness (QED) is 0.687. The van der Waals surface area contributed by atoms with Gasteiger partial charge in [-0.1, -0.05) is 6.07 Å². The van der Waals surface area contributed by atoms with E-state index < -0.39 is 24.0 Å². The van der Waals surface area contributed by atoms with Crippen molar-refractivity contribution in [3.63, 3.8) is 0 Å². The zero-order valence-electron chi connectivity index (χ0n) is 16.7. The van der Waals surface area contributed by atoms with Gasteiger partial charge in [0.2, 0.25) is 5.91 Å². The molecule has 1 aliphatic heterocycles. The zero-order valence-corrected chi connectivity index (χ0v) is 17.5. The minimum absolute atomic E-state index is 0.189. The maximum atomic E-state index is 12.6. The molecule has 2 atom stereocenters. The lowest BCUT2D eigenvalue weighted by Crippen LogP contribution is -2.43. The minimum Gasteiger partial charge on any atom is -0.451 e. The third-order valence-electron chi connectivity index (χ3n) is 4.65. The average molecular weight is 429 g/mol. The maximum absolute atomic E-state index is 12.6. The number of thiophene rings is 1. The van der Waals surface area contributed by atoms with Crippen LogP contribution in [-0.2, 0) is 19.1 Å². The molecule has 0 aliphatic carbocycles. The predicted molar refractivity (Wildman–Crippen MR) is 113 cm³/mol. The van der Waals surface area contributed by atoms with Crippen molar-refractivity contribution < 1.29 is 23.9 Å². The first-order valence-electron chi connectivity index (χ1n) is 9.58. The van der Waals surface area contributed by atoms with Gasteiger partial charge in [0.1, 0.15) is 6.04 Å². The molecule has 0 bridgehead atoms. The summed E-state index contributed by atoms with van der Waals surface area (Å²) in [4.78, 5) is 50.7. The molecule has 0 saturated carbocycles. The van der Waals surface area contributed by atoms with Crippen molar-refractivity contribution in [1.29, 1.82) is 0 Å². The van der Waals surface area contributed by atoms with Gasteiger partial charge in [-0.2, -0.15) is 0 Å². The van der Waals surface area contributed by atoms with Crippen molar-refractivity contribution in [2.24, 2.45) is 0 Å². The van der Waals surface area contributed by atoms with Crippen LogP contribution in [-0.4, -0.2) is 47.3 Å². The Balaban J connectivity index is 1.56. The van der Waals surface area contributed by atoms with Crippen LogP contribution in [0.15, 0.2) is 41.8 Å². The summed E-state index contributed by atoms with van der Waals surface area (Å²) in [6.45, 7) is 3.38. The third-order valence-corrected chi connectivity index (χ3v) is 5.51. The smallest absolute Gasteiger partial charge is 0.329 e. The minimum atomic E-state index is -1.02. The van der Waals surface area contributed by atoms with E-state index in [0.717, 1.165) is 0 Å². The average Bonchev–Trinajstić information content (AvgIpc) is 3.40. The number of benzene rings is 1. The number of anilines is 2. The fourth-order valence-corrected chi connectivity index (χ4v) is 3.87. The molecular weight excluding hydrogens is 406 g/mol. The second kappa shape index (κ2) is 9.53. The normalized spacial score (nSPS) is 16.6. The third kappa shape index (κ3) is 5.24. The fraction of sp³-hybridized carbons (Fsp3) is 0.333. The molecule has 0 radical (unpaired) electrons. The second-order valence-corrected chi connectivity index (χ2v) is 7.91. The van der Waals surface area contributed by atoms with Crippen molar-refractivity contribution in [3.8, 4) is 0 Å². The van der Waals surface area contributed by atoms with Gasteiger partial charge in [-0.05, 0) is 55.5 Å². The van der Waals surface area contributed by atoms with E-state index in [0.29, 0.717) is 35.6 Å². The molecule has 2 N–H and O–H groups in total. The highest BCUT2D eigenvalue weighted by Gasteiger charge is 2.37. The Morgan fingerprint density at radius 3 is 2.37 bits per heavy atom. The molecule has 8 nitrogen and oxygen atoms in total. The highest BCUT2D eigenvalue weighted by Crippen LogP contribution is 2.23. The van der Waals surface area contributed by atoms with Gasteiger partial charge in [-0.3, -0.25) is 14.4 Å². The number of hydrogen-bond acceptors (Lipinski definition) is 6. The van der Waals surface area contributed by atoms with Gasteiger partial charge < -0.3 is 20.3 Å². The Hall–Kier alpha value is -3.20. The molecule has 3 amide bonds. The predicted octanol–water partition coefficient (Wildman–Crippen LogP) is 2.88. The molecule has 2 aromatic rings. The van der Waals surface area contributed by atoms with E-state index in [-0.39, 0.29) is 11.8 Å². The molecule has 3 rings (SSSR count). The van der Waals surface area contributed by atoms with Gasteiger partial charge in [0.15, 0.2) is 6.10 Å². The number of amides is 3. The summed E-state index contributed by atoms with van der Waals surface area (Å²) in [5.74, 6) is -1.45. The monoisotopic (exact) mass is 429 g/mol. The molecular formula is C21H23N3O5S. The van der Waals surface area contributed by atoms with Crippen LogP contribution in [0.5, 0.6) is 0 Å². The Kier molecular flexibility index (Phi) is 6.83. The van der Waals surface area contributed by atoms with E-state index in [9.17, 15) is 19.2 Å². The highest BCUT2D eigenvalue weighted by atomic mass is 32.1. The van der Waals surface area contributed by atoms with Crippen molar-refractivity contribution in [2.75, 3.05) is 17.2 Å². The SMILES string of the molecule is CC(=O)Nc1ccc(NC(=O)C(C)OC(=O)C2CCCN2C(=O)c2cccs2)cc1. The molecule has 1 fully saturated rings. The van der Waals surface area contributed by atoms with Crippen LogP contribution in [0.1, 0.15) is 36.4 Å². The Morgan fingerprint density at radius 1 is 1.10 bits per heavy atom. The van der Waals surface area contributed by atoms with Crippen LogP contribution in [0, 0.1) is 0 Å². The summed E-state index contributed by atoms with van der Waals surface area (Å²) in [6, 6.07) is 9.40. The largest absolute Gasteiger partial charge is 0.451 e. The number of nitrogens with zero attached hydrogens (tertiary/aromatic N) is 1. The number of carbonyl (C=O) groups is 4. The first kappa shape index (κ1) is 21.5.